The molecule has 234 valence electrons. The molecule has 2 N–H and O–H groups in total. The number of nitrogen functional groups attached to an aromatic ring is 1. The molecule has 0 bridgehead atoms. The molecule has 0 aromatic carbocycles. The van der Waals surface area contributed by atoms with E-state index >= 15 is 0 Å². The van der Waals surface area contributed by atoms with E-state index in [1.54, 1.807) is 0 Å². The maximum atomic E-state index is 14.6. The standard InChI is InChI=1S/C30H38FN9O3S/c1-17-14-39(10-11-41-16-17)27-35-24(36-28(37-27)42-18(2)30-8-5-9-40(30)15-19(31)12-30)25-34-26(43-38-25)29(3)7-4-6-21-22(29)20(13-32)23(33)44-21/h17-19H,4-12,14-16,33H2,1-3H3/t17-,18-,19+,29-,30-/m0/s1. The quantitative estimate of drug-likeness (QED) is 0.424. The van der Waals surface area contributed by atoms with Crippen LogP contribution in [0.1, 0.15) is 74.8 Å². The topological polar surface area (TPSA) is 152 Å². The summed E-state index contributed by atoms with van der Waals surface area (Å²) in [5.74, 6) is 1.54. The van der Waals surface area contributed by atoms with Crippen molar-refractivity contribution in [2.24, 2.45) is 5.92 Å². The molecule has 14 heteroatoms. The molecule has 0 saturated carbocycles. The van der Waals surface area contributed by atoms with Gasteiger partial charge in [0.15, 0.2) is 0 Å². The Labute approximate surface area is 259 Å². The van der Waals surface area contributed by atoms with Crippen molar-refractivity contribution in [2.45, 2.75) is 82.5 Å². The highest BCUT2D eigenvalue weighted by molar-refractivity contribution is 7.16. The highest BCUT2D eigenvalue weighted by atomic mass is 32.1. The van der Waals surface area contributed by atoms with Crippen molar-refractivity contribution >= 4 is 22.3 Å². The third-order valence-electron chi connectivity index (χ3n) is 9.88. The fourth-order valence-corrected chi connectivity index (χ4v) is 8.88. The summed E-state index contributed by atoms with van der Waals surface area (Å²) in [6.45, 7) is 9.94. The van der Waals surface area contributed by atoms with Crippen molar-refractivity contribution < 1.29 is 18.4 Å². The van der Waals surface area contributed by atoms with E-state index < -0.39 is 11.6 Å². The van der Waals surface area contributed by atoms with Gasteiger partial charge in [0.1, 0.15) is 23.3 Å². The first-order valence-electron chi connectivity index (χ1n) is 15.5. The first kappa shape index (κ1) is 29.3. The number of aryl methyl sites for hydroxylation is 1. The van der Waals surface area contributed by atoms with Gasteiger partial charge in [-0.3, -0.25) is 4.90 Å². The molecule has 0 spiro atoms. The van der Waals surface area contributed by atoms with Crippen LogP contribution in [0, 0.1) is 17.2 Å². The van der Waals surface area contributed by atoms with E-state index in [2.05, 4.69) is 32.9 Å². The molecule has 6 heterocycles. The molecule has 7 rings (SSSR count). The Bertz CT molecular complexity index is 1590. The van der Waals surface area contributed by atoms with Gasteiger partial charge in [0.2, 0.25) is 23.5 Å². The van der Waals surface area contributed by atoms with E-state index in [-0.39, 0.29) is 35.2 Å². The van der Waals surface area contributed by atoms with Crippen molar-refractivity contribution in [1.82, 2.24) is 30.0 Å². The summed E-state index contributed by atoms with van der Waals surface area (Å²) in [5, 5.41) is 14.7. The van der Waals surface area contributed by atoms with Crippen molar-refractivity contribution in [3.8, 4) is 23.7 Å². The number of rotatable bonds is 6. The van der Waals surface area contributed by atoms with E-state index in [0.29, 0.717) is 61.7 Å². The second kappa shape index (κ2) is 11.2. The van der Waals surface area contributed by atoms with Gasteiger partial charge in [-0.2, -0.15) is 25.2 Å². The first-order chi connectivity index (χ1) is 21.2. The van der Waals surface area contributed by atoms with Gasteiger partial charge < -0.3 is 24.6 Å². The molecule has 44 heavy (non-hydrogen) atoms. The van der Waals surface area contributed by atoms with Crippen molar-refractivity contribution in [2.75, 3.05) is 50.0 Å². The number of hydrogen-bond acceptors (Lipinski definition) is 13. The predicted octanol–water partition coefficient (Wildman–Crippen LogP) is 3.90. The lowest BCUT2D eigenvalue weighted by atomic mass is 9.72. The molecule has 12 nitrogen and oxygen atoms in total. The van der Waals surface area contributed by atoms with Crippen molar-refractivity contribution in [1.29, 1.82) is 5.26 Å². The number of ether oxygens (including phenoxy) is 2. The molecule has 3 aromatic heterocycles. The Kier molecular flexibility index (Phi) is 7.45. The Hall–Kier alpha value is -3.41. The van der Waals surface area contributed by atoms with Gasteiger partial charge in [-0.15, -0.1) is 11.3 Å². The zero-order chi connectivity index (χ0) is 30.6. The van der Waals surface area contributed by atoms with Crippen LogP contribution in [0.3, 0.4) is 0 Å². The number of thiophene rings is 1. The molecule has 3 aliphatic heterocycles. The largest absolute Gasteiger partial charge is 0.458 e. The Morgan fingerprint density at radius 3 is 2.86 bits per heavy atom. The SMILES string of the molecule is C[C@@H]1COCCN(c2nc(O[C@@H](C)[C@@]34CCCN3C[C@H](F)C4)nc(-c3noc([C@@]4(C)CCCc5sc(N)c(C#N)c54)n3)n2)C1. The van der Waals surface area contributed by atoms with E-state index in [9.17, 15) is 9.65 Å². The number of fused-ring (bicyclic) bond motifs is 2. The van der Waals surface area contributed by atoms with Crippen LogP contribution in [0.25, 0.3) is 11.6 Å². The van der Waals surface area contributed by atoms with Gasteiger partial charge in [-0.25, -0.2) is 4.39 Å². The van der Waals surface area contributed by atoms with Crippen LogP contribution >= 0.6 is 11.3 Å². The summed E-state index contributed by atoms with van der Waals surface area (Å²) < 4.78 is 32.7. The maximum Gasteiger partial charge on any atom is 0.322 e. The van der Waals surface area contributed by atoms with Gasteiger partial charge >= 0.3 is 6.01 Å². The number of nitrogens with zero attached hydrogens (tertiary/aromatic N) is 8. The smallest absolute Gasteiger partial charge is 0.322 e. The van der Waals surface area contributed by atoms with Crippen LogP contribution in [0.2, 0.25) is 0 Å². The fourth-order valence-electron chi connectivity index (χ4n) is 7.69. The van der Waals surface area contributed by atoms with Crippen LogP contribution < -0.4 is 15.4 Å². The fraction of sp³-hybridized carbons (Fsp3) is 0.667. The van der Waals surface area contributed by atoms with E-state index in [4.69, 9.17) is 34.7 Å². The first-order valence-corrected chi connectivity index (χ1v) is 16.3. The Morgan fingerprint density at radius 2 is 2.02 bits per heavy atom. The third kappa shape index (κ3) is 4.89. The minimum absolute atomic E-state index is 0.147. The summed E-state index contributed by atoms with van der Waals surface area (Å²) in [6.07, 6.45) is 3.61. The molecule has 3 fully saturated rings. The molecular weight excluding hydrogens is 585 g/mol. The molecule has 4 aliphatic rings. The summed E-state index contributed by atoms with van der Waals surface area (Å²) >= 11 is 1.46. The number of nitriles is 1. The van der Waals surface area contributed by atoms with Crippen LogP contribution in [0.5, 0.6) is 6.01 Å². The Balaban J connectivity index is 1.26. The second-order valence-corrected chi connectivity index (χ2v) is 14.1. The number of anilines is 2. The van der Waals surface area contributed by atoms with E-state index in [1.165, 1.54) is 11.3 Å². The zero-order valence-corrected chi connectivity index (χ0v) is 26.2. The second-order valence-electron chi connectivity index (χ2n) is 12.9. The summed E-state index contributed by atoms with van der Waals surface area (Å²) in [6, 6.07) is 2.44. The van der Waals surface area contributed by atoms with Crippen LogP contribution in [-0.4, -0.2) is 87.2 Å². The molecular formula is C30H38FN9O3S. The molecule has 0 unspecified atom stereocenters. The van der Waals surface area contributed by atoms with E-state index in [0.717, 1.165) is 49.1 Å². The van der Waals surface area contributed by atoms with Gasteiger partial charge in [0.25, 0.3) is 0 Å². The normalized spacial score (nSPS) is 29.6. The molecule has 3 saturated heterocycles. The summed E-state index contributed by atoms with van der Waals surface area (Å²) in [4.78, 5) is 24.4. The average Bonchev–Trinajstić information content (AvgIpc) is 3.74. The highest BCUT2D eigenvalue weighted by Crippen LogP contribution is 2.49. The van der Waals surface area contributed by atoms with Crippen molar-refractivity contribution in [3.63, 3.8) is 0 Å². The number of halogens is 1. The molecule has 0 radical (unpaired) electrons. The lowest BCUT2D eigenvalue weighted by Gasteiger charge is -2.37. The van der Waals surface area contributed by atoms with Gasteiger partial charge in [0.05, 0.1) is 29.7 Å². The van der Waals surface area contributed by atoms with Crippen LogP contribution in [0.15, 0.2) is 4.52 Å². The lowest BCUT2D eigenvalue weighted by molar-refractivity contribution is 0.0399. The van der Waals surface area contributed by atoms with Gasteiger partial charge in [-0.1, -0.05) is 12.1 Å². The number of hydrogen-bond donors (Lipinski definition) is 1. The molecule has 0 amide bonds. The lowest BCUT2D eigenvalue weighted by Crippen LogP contribution is -2.50. The third-order valence-corrected chi connectivity index (χ3v) is 11.0. The van der Waals surface area contributed by atoms with Crippen molar-refractivity contribution in [3.05, 3.63) is 21.9 Å². The minimum Gasteiger partial charge on any atom is -0.458 e. The molecule has 5 atom stereocenters. The molecule has 3 aromatic rings. The predicted molar refractivity (Wildman–Crippen MR) is 161 cm³/mol. The van der Waals surface area contributed by atoms with Gasteiger partial charge in [-0.05, 0) is 58.4 Å². The summed E-state index contributed by atoms with van der Waals surface area (Å²) in [7, 11) is 0. The monoisotopic (exact) mass is 623 g/mol. The average molecular weight is 624 g/mol. The zero-order valence-electron chi connectivity index (χ0n) is 25.4. The van der Waals surface area contributed by atoms with E-state index in [1.807, 2.05) is 13.8 Å². The molecule has 1 aliphatic carbocycles. The van der Waals surface area contributed by atoms with Gasteiger partial charge in [0, 0.05) is 36.5 Å². The summed E-state index contributed by atoms with van der Waals surface area (Å²) in [5.41, 5.74) is 6.53. The highest BCUT2D eigenvalue weighted by Gasteiger charge is 2.53. The number of alkyl halides is 1. The number of nitrogens with two attached hydrogens (primary N) is 1. The Morgan fingerprint density at radius 1 is 1.16 bits per heavy atom. The van der Waals surface area contributed by atoms with Crippen LogP contribution in [-0.2, 0) is 16.6 Å². The maximum absolute atomic E-state index is 14.6. The minimum atomic E-state index is -0.871. The van der Waals surface area contributed by atoms with Crippen LogP contribution in [0.4, 0.5) is 15.3 Å². The number of aromatic nitrogens is 5.